The number of hydrogen-bond donors (Lipinski definition) is 2. The minimum absolute atomic E-state index is 0.0192. The van der Waals surface area contributed by atoms with Gasteiger partial charge in [-0.05, 0) is 43.5 Å². The summed E-state index contributed by atoms with van der Waals surface area (Å²) in [5.74, 6) is -0.816. The molecular weight excluding hydrogens is 323 g/mol. The van der Waals surface area contributed by atoms with Crippen molar-refractivity contribution in [3.05, 3.63) is 35.4 Å². The molecule has 0 saturated carbocycles. The number of benzene rings is 1. The minimum Gasteiger partial charge on any atom is -0.343 e. The molecule has 0 aromatic heterocycles. The van der Waals surface area contributed by atoms with Crippen molar-refractivity contribution in [2.24, 2.45) is 5.73 Å². The first kappa shape index (κ1) is 18.3. The fourth-order valence-electron chi connectivity index (χ4n) is 2.74. The van der Waals surface area contributed by atoms with Crippen molar-refractivity contribution in [1.82, 2.24) is 10.2 Å². The quantitative estimate of drug-likeness (QED) is 0.875. The number of likely N-dealkylation sites (tertiary alicyclic amines) is 1. The number of carbonyl (C=O) groups excluding carboxylic acids is 2. The summed E-state index contributed by atoms with van der Waals surface area (Å²) in [7, 11) is 0. The molecule has 2 rings (SSSR count). The van der Waals surface area contributed by atoms with Gasteiger partial charge < -0.3 is 16.0 Å². The fourth-order valence-corrected chi connectivity index (χ4v) is 2.74. The molecule has 1 unspecified atom stereocenters. The molecule has 0 bridgehead atoms. The number of amides is 2. The van der Waals surface area contributed by atoms with E-state index in [1.807, 2.05) is 0 Å². The van der Waals surface area contributed by atoms with Gasteiger partial charge in [0.05, 0.1) is 12.1 Å². The van der Waals surface area contributed by atoms with E-state index in [9.17, 15) is 22.8 Å². The molecular formula is C16H20F3N3O2. The molecule has 1 aliphatic heterocycles. The van der Waals surface area contributed by atoms with E-state index in [2.05, 4.69) is 5.32 Å². The van der Waals surface area contributed by atoms with Gasteiger partial charge >= 0.3 is 6.18 Å². The van der Waals surface area contributed by atoms with Crippen LogP contribution in [0, 0.1) is 0 Å². The largest absolute Gasteiger partial charge is 0.416 e. The average Bonchev–Trinajstić information content (AvgIpc) is 2.58. The van der Waals surface area contributed by atoms with Gasteiger partial charge in [0.1, 0.15) is 0 Å². The second-order valence-electron chi connectivity index (χ2n) is 5.73. The smallest absolute Gasteiger partial charge is 0.343 e. The standard InChI is InChI=1S/C16H20F3N3O2/c17-16(18,19)12-6-4-11(5-7-12)15(24)21-10-14(23)22-8-2-1-3-13(22)9-20/h4-7,13H,1-3,8-10,20H2,(H,21,24). The van der Waals surface area contributed by atoms with Crippen molar-refractivity contribution in [2.45, 2.75) is 31.5 Å². The third-order valence-corrected chi connectivity index (χ3v) is 4.09. The predicted molar refractivity (Wildman–Crippen MR) is 82.2 cm³/mol. The predicted octanol–water partition coefficient (Wildman–Crippen LogP) is 1.77. The normalized spacial score (nSPS) is 18.3. The van der Waals surface area contributed by atoms with Crippen LogP contribution < -0.4 is 11.1 Å². The van der Waals surface area contributed by atoms with E-state index < -0.39 is 17.6 Å². The lowest BCUT2D eigenvalue weighted by atomic mass is 10.0. The molecule has 1 aliphatic rings. The SMILES string of the molecule is NCC1CCCCN1C(=O)CNC(=O)c1ccc(C(F)(F)F)cc1. The first-order valence-electron chi connectivity index (χ1n) is 7.78. The van der Waals surface area contributed by atoms with E-state index in [1.165, 1.54) is 0 Å². The van der Waals surface area contributed by atoms with Crippen LogP contribution in [0.1, 0.15) is 35.2 Å². The highest BCUT2D eigenvalue weighted by atomic mass is 19.4. The Labute approximate surface area is 138 Å². The summed E-state index contributed by atoms with van der Waals surface area (Å²) in [4.78, 5) is 25.8. The van der Waals surface area contributed by atoms with Crippen molar-refractivity contribution in [2.75, 3.05) is 19.6 Å². The molecule has 132 valence electrons. The van der Waals surface area contributed by atoms with Crippen LogP contribution in [-0.4, -0.2) is 42.4 Å². The van der Waals surface area contributed by atoms with Crippen molar-refractivity contribution in [3.8, 4) is 0 Å². The molecule has 1 heterocycles. The Kier molecular flexibility index (Phi) is 5.82. The number of piperidine rings is 1. The lowest BCUT2D eigenvalue weighted by Gasteiger charge is -2.35. The number of nitrogens with two attached hydrogens (primary N) is 1. The number of nitrogens with one attached hydrogen (secondary N) is 1. The monoisotopic (exact) mass is 343 g/mol. The zero-order valence-corrected chi connectivity index (χ0v) is 13.1. The molecule has 8 heteroatoms. The van der Waals surface area contributed by atoms with Crippen molar-refractivity contribution in [3.63, 3.8) is 0 Å². The van der Waals surface area contributed by atoms with Gasteiger partial charge in [0.2, 0.25) is 5.91 Å². The van der Waals surface area contributed by atoms with Crippen molar-refractivity contribution in [1.29, 1.82) is 0 Å². The molecule has 2 amide bonds. The summed E-state index contributed by atoms with van der Waals surface area (Å²) in [6.07, 6.45) is -1.69. The Bertz CT molecular complexity index is 587. The molecule has 24 heavy (non-hydrogen) atoms. The van der Waals surface area contributed by atoms with Gasteiger partial charge in [0.15, 0.2) is 0 Å². The summed E-state index contributed by atoms with van der Waals surface area (Å²) in [6.45, 7) is 0.784. The zero-order chi connectivity index (χ0) is 17.7. The lowest BCUT2D eigenvalue weighted by molar-refractivity contribution is -0.137. The van der Waals surface area contributed by atoms with E-state index in [0.29, 0.717) is 13.1 Å². The molecule has 1 atom stereocenters. The Morgan fingerprint density at radius 2 is 1.88 bits per heavy atom. The molecule has 1 aromatic rings. The minimum atomic E-state index is -4.45. The van der Waals surface area contributed by atoms with Gasteiger partial charge in [-0.1, -0.05) is 0 Å². The highest BCUT2D eigenvalue weighted by Crippen LogP contribution is 2.29. The molecule has 1 saturated heterocycles. The maximum Gasteiger partial charge on any atom is 0.416 e. The van der Waals surface area contributed by atoms with Gasteiger partial charge in [0.25, 0.3) is 5.91 Å². The molecule has 5 nitrogen and oxygen atoms in total. The Morgan fingerprint density at radius 1 is 1.21 bits per heavy atom. The van der Waals surface area contributed by atoms with Crippen LogP contribution in [0.3, 0.4) is 0 Å². The third kappa shape index (κ3) is 4.47. The van der Waals surface area contributed by atoms with Crippen molar-refractivity contribution < 1.29 is 22.8 Å². The number of alkyl halides is 3. The zero-order valence-electron chi connectivity index (χ0n) is 13.1. The van der Waals surface area contributed by atoms with E-state index in [0.717, 1.165) is 43.5 Å². The van der Waals surface area contributed by atoms with Crippen molar-refractivity contribution >= 4 is 11.8 Å². The van der Waals surface area contributed by atoms with Crippen LogP contribution in [-0.2, 0) is 11.0 Å². The topological polar surface area (TPSA) is 75.4 Å². The summed E-state index contributed by atoms with van der Waals surface area (Å²) in [5, 5.41) is 2.45. The molecule has 1 aromatic carbocycles. The number of carbonyl (C=O) groups is 2. The summed E-state index contributed by atoms with van der Waals surface area (Å²) in [5.41, 5.74) is 4.90. The Balaban J connectivity index is 1.91. The van der Waals surface area contributed by atoms with Crippen LogP contribution in [0.25, 0.3) is 0 Å². The summed E-state index contributed by atoms with van der Waals surface area (Å²) in [6, 6.07) is 3.84. The van der Waals surface area contributed by atoms with Gasteiger partial charge in [-0.3, -0.25) is 9.59 Å². The second kappa shape index (κ2) is 7.65. The molecule has 0 aliphatic carbocycles. The van der Waals surface area contributed by atoms with Crippen LogP contribution in [0.5, 0.6) is 0 Å². The third-order valence-electron chi connectivity index (χ3n) is 4.09. The van der Waals surface area contributed by atoms with E-state index in [-0.39, 0.29) is 24.1 Å². The Morgan fingerprint density at radius 3 is 2.46 bits per heavy atom. The van der Waals surface area contributed by atoms with E-state index in [1.54, 1.807) is 4.90 Å². The van der Waals surface area contributed by atoms with E-state index >= 15 is 0 Å². The van der Waals surface area contributed by atoms with Crippen LogP contribution in [0.15, 0.2) is 24.3 Å². The number of rotatable bonds is 4. The number of hydrogen-bond acceptors (Lipinski definition) is 3. The summed E-state index contributed by atoms with van der Waals surface area (Å²) < 4.78 is 37.5. The van der Waals surface area contributed by atoms with Gasteiger partial charge in [-0.15, -0.1) is 0 Å². The van der Waals surface area contributed by atoms with Gasteiger partial charge in [-0.25, -0.2) is 0 Å². The highest BCUT2D eigenvalue weighted by Gasteiger charge is 2.30. The molecule has 0 radical (unpaired) electrons. The maximum absolute atomic E-state index is 12.5. The number of halogens is 3. The average molecular weight is 343 g/mol. The van der Waals surface area contributed by atoms with Crippen LogP contribution in [0.2, 0.25) is 0 Å². The summed E-state index contributed by atoms with van der Waals surface area (Å²) >= 11 is 0. The number of nitrogens with zero attached hydrogens (tertiary/aromatic N) is 1. The van der Waals surface area contributed by atoms with E-state index in [4.69, 9.17) is 5.73 Å². The highest BCUT2D eigenvalue weighted by molar-refractivity contribution is 5.96. The van der Waals surface area contributed by atoms with Gasteiger partial charge in [0, 0.05) is 24.7 Å². The second-order valence-corrected chi connectivity index (χ2v) is 5.73. The van der Waals surface area contributed by atoms with Gasteiger partial charge in [-0.2, -0.15) is 13.2 Å². The first-order chi connectivity index (χ1) is 11.3. The lowest BCUT2D eigenvalue weighted by Crippen LogP contribution is -2.50. The fraction of sp³-hybridized carbons (Fsp3) is 0.500. The van der Waals surface area contributed by atoms with Crippen LogP contribution >= 0.6 is 0 Å². The maximum atomic E-state index is 12.5. The molecule has 1 fully saturated rings. The Hall–Kier alpha value is -2.09. The molecule has 0 spiro atoms. The molecule has 3 N–H and O–H groups in total. The first-order valence-corrected chi connectivity index (χ1v) is 7.78. The van der Waals surface area contributed by atoms with Crippen LogP contribution in [0.4, 0.5) is 13.2 Å².